The molecule has 7 heteroatoms. The first-order valence-electron chi connectivity index (χ1n) is 7.81. The number of carbonyl (C=O) groups excluding carboxylic acids is 1. The lowest BCUT2D eigenvalue weighted by atomic mass is 10.1. The first kappa shape index (κ1) is 22.0. The maximum absolute atomic E-state index is 12.2. The second kappa shape index (κ2) is 8.74. The van der Waals surface area contributed by atoms with Gasteiger partial charge >= 0.3 is 7.60 Å². The predicted molar refractivity (Wildman–Crippen MR) is 93.1 cm³/mol. The summed E-state index contributed by atoms with van der Waals surface area (Å²) in [6.07, 6.45) is 1.71. The van der Waals surface area contributed by atoms with Crippen molar-refractivity contribution in [3.63, 3.8) is 0 Å². The normalized spacial score (nSPS) is 14.9. The summed E-state index contributed by atoms with van der Waals surface area (Å²) in [5, 5.41) is 0.0936. The van der Waals surface area contributed by atoms with Gasteiger partial charge in [-0.25, -0.2) is 0 Å². The molecule has 0 spiro atoms. The lowest BCUT2D eigenvalue weighted by Crippen LogP contribution is -2.44. The standard InChI is InChI=1S/C15H33O5PSi/c1-9-10-14(20-22(7,8)15(2,3)4)11-13(16)12-21(17,18-5)19-6/h14H,9-12H2,1-8H3/t14-/m1/s1. The molecule has 0 amide bonds. The monoisotopic (exact) mass is 352 g/mol. The molecular weight excluding hydrogens is 319 g/mol. The summed E-state index contributed by atoms with van der Waals surface area (Å²) in [7, 11) is -2.62. The molecule has 0 N–H and O–H groups in total. The van der Waals surface area contributed by atoms with E-state index in [1.165, 1.54) is 14.2 Å². The Hall–Kier alpha value is -0.00312. The summed E-state index contributed by atoms with van der Waals surface area (Å²) in [6, 6.07) is 0. The smallest absolute Gasteiger partial charge is 0.337 e. The van der Waals surface area contributed by atoms with Crippen molar-refractivity contribution in [3.8, 4) is 0 Å². The lowest BCUT2D eigenvalue weighted by molar-refractivity contribution is -0.118. The third-order valence-electron chi connectivity index (χ3n) is 4.26. The van der Waals surface area contributed by atoms with Gasteiger partial charge in [0.05, 0.1) is 6.10 Å². The Balaban J connectivity index is 4.86. The summed E-state index contributed by atoms with van der Waals surface area (Å²) in [6.45, 7) is 12.9. The van der Waals surface area contributed by atoms with Crippen molar-refractivity contribution >= 4 is 21.7 Å². The van der Waals surface area contributed by atoms with E-state index in [2.05, 4.69) is 40.8 Å². The molecule has 0 aromatic heterocycles. The highest BCUT2D eigenvalue weighted by Gasteiger charge is 2.39. The van der Waals surface area contributed by atoms with Gasteiger partial charge in [-0.05, 0) is 24.6 Å². The first-order valence-corrected chi connectivity index (χ1v) is 12.4. The zero-order chi connectivity index (χ0) is 17.6. The Morgan fingerprint density at radius 2 is 1.68 bits per heavy atom. The van der Waals surface area contributed by atoms with Gasteiger partial charge < -0.3 is 13.5 Å². The van der Waals surface area contributed by atoms with E-state index in [1.807, 2.05) is 0 Å². The van der Waals surface area contributed by atoms with Crippen molar-refractivity contribution in [1.82, 2.24) is 0 Å². The van der Waals surface area contributed by atoms with Crippen LogP contribution in [0.1, 0.15) is 47.0 Å². The Kier molecular flexibility index (Phi) is 8.74. The van der Waals surface area contributed by atoms with Gasteiger partial charge in [-0.15, -0.1) is 0 Å². The minimum absolute atomic E-state index is 0.0936. The SMILES string of the molecule is CCC[C@H](CC(=O)CP(=O)(OC)OC)O[Si](C)(C)C(C)(C)C. The molecule has 0 aromatic rings. The highest BCUT2D eigenvalue weighted by atomic mass is 31.2. The first-order chi connectivity index (χ1) is 9.90. The van der Waals surface area contributed by atoms with Crippen LogP contribution in [0, 0.1) is 0 Å². The quantitative estimate of drug-likeness (QED) is 0.424. The molecule has 0 saturated heterocycles. The molecule has 0 radical (unpaired) electrons. The molecule has 0 aliphatic rings. The second-order valence-corrected chi connectivity index (χ2v) is 14.2. The Labute approximate surface area is 136 Å². The average molecular weight is 352 g/mol. The minimum Gasteiger partial charge on any atom is -0.413 e. The van der Waals surface area contributed by atoms with Crippen LogP contribution in [0.15, 0.2) is 0 Å². The maximum Gasteiger partial charge on any atom is 0.337 e. The summed E-state index contributed by atoms with van der Waals surface area (Å²) in [5.74, 6) is -0.135. The molecule has 0 rings (SSSR count). The van der Waals surface area contributed by atoms with E-state index < -0.39 is 15.9 Å². The van der Waals surface area contributed by atoms with Crippen LogP contribution in [0.2, 0.25) is 18.1 Å². The molecule has 0 aromatic carbocycles. The third-order valence-corrected chi connectivity index (χ3v) is 10.6. The van der Waals surface area contributed by atoms with Gasteiger partial charge in [0, 0.05) is 20.6 Å². The fourth-order valence-electron chi connectivity index (χ4n) is 1.86. The van der Waals surface area contributed by atoms with Crippen LogP contribution < -0.4 is 0 Å². The van der Waals surface area contributed by atoms with Crippen molar-refractivity contribution in [3.05, 3.63) is 0 Å². The molecule has 0 unspecified atom stereocenters. The van der Waals surface area contributed by atoms with Crippen LogP contribution in [0.4, 0.5) is 0 Å². The summed E-state index contributed by atoms with van der Waals surface area (Å²) in [5.41, 5.74) is 0. The molecule has 0 heterocycles. The zero-order valence-corrected chi connectivity index (χ0v) is 17.3. The van der Waals surface area contributed by atoms with E-state index in [0.29, 0.717) is 0 Å². The van der Waals surface area contributed by atoms with Crippen molar-refractivity contribution in [2.24, 2.45) is 0 Å². The minimum atomic E-state index is -3.29. The molecule has 22 heavy (non-hydrogen) atoms. The van der Waals surface area contributed by atoms with E-state index in [0.717, 1.165) is 12.8 Å². The Morgan fingerprint density at radius 3 is 2.05 bits per heavy atom. The van der Waals surface area contributed by atoms with Crippen molar-refractivity contribution in [2.75, 3.05) is 20.4 Å². The largest absolute Gasteiger partial charge is 0.413 e. The summed E-state index contributed by atoms with van der Waals surface area (Å²) < 4.78 is 28.1. The van der Waals surface area contributed by atoms with Crippen LogP contribution >= 0.6 is 7.60 Å². The highest BCUT2D eigenvalue weighted by Crippen LogP contribution is 2.46. The molecule has 5 nitrogen and oxygen atoms in total. The topological polar surface area (TPSA) is 61.8 Å². The molecule has 132 valence electrons. The zero-order valence-electron chi connectivity index (χ0n) is 15.4. The number of Topliss-reactive ketones (excluding diaryl/α,β-unsaturated/α-hetero) is 1. The fourth-order valence-corrected chi connectivity index (χ4v) is 4.21. The number of hydrogen-bond donors (Lipinski definition) is 0. The van der Waals surface area contributed by atoms with Crippen LogP contribution in [0.3, 0.4) is 0 Å². The van der Waals surface area contributed by atoms with Crippen LogP contribution in [0.5, 0.6) is 0 Å². The van der Waals surface area contributed by atoms with Gasteiger partial charge in [-0.2, -0.15) is 0 Å². The molecule has 0 aliphatic carbocycles. The summed E-state index contributed by atoms with van der Waals surface area (Å²) in [4.78, 5) is 12.2. The lowest BCUT2D eigenvalue weighted by Gasteiger charge is -2.39. The van der Waals surface area contributed by atoms with E-state index >= 15 is 0 Å². The molecular formula is C15H33O5PSi. The average Bonchev–Trinajstić information content (AvgIpc) is 2.36. The van der Waals surface area contributed by atoms with Crippen molar-refractivity contribution < 1.29 is 22.8 Å². The highest BCUT2D eigenvalue weighted by molar-refractivity contribution is 7.54. The van der Waals surface area contributed by atoms with E-state index in [9.17, 15) is 9.36 Å². The van der Waals surface area contributed by atoms with Gasteiger partial charge in [-0.1, -0.05) is 34.1 Å². The number of rotatable bonds is 10. The predicted octanol–water partition coefficient (Wildman–Crippen LogP) is 4.62. The second-order valence-electron chi connectivity index (χ2n) is 7.17. The number of carbonyl (C=O) groups is 1. The van der Waals surface area contributed by atoms with E-state index in [-0.39, 0.29) is 29.5 Å². The number of ketones is 1. The molecule has 1 atom stereocenters. The van der Waals surface area contributed by atoms with Crippen molar-refractivity contribution in [1.29, 1.82) is 0 Å². The molecule has 0 aliphatic heterocycles. The van der Waals surface area contributed by atoms with Gasteiger partial charge in [-0.3, -0.25) is 9.36 Å². The van der Waals surface area contributed by atoms with Crippen LogP contribution in [-0.4, -0.2) is 40.6 Å². The van der Waals surface area contributed by atoms with E-state index in [1.54, 1.807) is 0 Å². The van der Waals surface area contributed by atoms with Gasteiger partial charge in [0.15, 0.2) is 8.32 Å². The fraction of sp³-hybridized carbons (Fsp3) is 0.933. The Morgan fingerprint density at radius 1 is 1.18 bits per heavy atom. The van der Waals surface area contributed by atoms with Gasteiger partial charge in [0.25, 0.3) is 0 Å². The van der Waals surface area contributed by atoms with E-state index in [4.69, 9.17) is 13.5 Å². The van der Waals surface area contributed by atoms with Gasteiger partial charge in [0.1, 0.15) is 11.9 Å². The van der Waals surface area contributed by atoms with Gasteiger partial charge in [0.2, 0.25) is 0 Å². The van der Waals surface area contributed by atoms with Crippen LogP contribution in [0.25, 0.3) is 0 Å². The van der Waals surface area contributed by atoms with Crippen LogP contribution in [-0.2, 0) is 22.8 Å². The van der Waals surface area contributed by atoms with Crippen molar-refractivity contribution in [2.45, 2.75) is 71.2 Å². The molecule has 0 saturated carbocycles. The third kappa shape index (κ3) is 7.05. The maximum atomic E-state index is 12.2. The summed E-state index contributed by atoms with van der Waals surface area (Å²) >= 11 is 0. The number of hydrogen-bond acceptors (Lipinski definition) is 5. The molecule has 0 bridgehead atoms. The molecule has 0 fully saturated rings. The Bertz CT molecular complexity index is 395.